The number of amides is 1. The summed E-state index contributed by atoms with van der Waals surface area (Å²) in [5.41, 5.74) is 6.66. The molecule has 0 bridgehead atoms. The molecule has 0 spiro atoms. The normalized spacial score (nSPS) is 11.3. The van der Waals surface area contributed by atoms with Crippen molar-refractivity contribution in [2.24, 2.45) is 0 Å². The van der Waals surface area contributed by atoms with Gasteiger partial charge in [-0.25, -0.2) is 8.42 Å². The Kier molecular flexibility index (Phi) is 6.51. The van der Waals surface area contributed by atoms with Gasteiger partial charge in [0.25, 0.3) is 5.91 Å². The zero-order valence-electron chi connectivity index (χ0n) is 18.6. The van der Waals surface area contributed by atoms with Crippen LogP contribution < -0.4 is 9.62 Å². The van der Waals surface area contributed by atoms with Gasteiger partial charge in [-0.2, -0.15) is 0 Å². The molecular formula is C25H28N2O3S. The van der Waals surface area contributed by atoms with Crippen LogP contribution in [0.15, 0.2) is 60.7 Å². The molecule has 5 nitrogen and oxygen atoms in total. The maximum Gasteiger partial charge on any atom is 0.255 e. The van der Waals surface area contributed by atoms with E-state index in [0.29, 0.717) is 11.3 Å². The smallest absolute Gasteiger partial charge is 0.255 e. The number of benzene rings is 3. The Hall–Kier alpha value is -3.12. The summed E-state index contributed by atoms with van der Waals surface area (Å²) in [6, 6.07) is 18.7. The van der Waals surface area contributed by atoms with Gasteiger partial charge in [0.05, 0.1) is 18.5 Å². The highest BCUT2D eigenvalue weighted by atomic mass is 32.2. The van der Waals surface area contributed by atoms with Crippen molar-refractivity contribution in [3.05, 3.63) is 94.0 Å². The van der Waals surface area contributed by atoms with E-state index in [1.54, 1.807) is 24.3 Å². The first-order chi connectivity index (χ1) is 14.6. The number of nitrogens with zero attached hydrogens (tertiary/aromatic N) is 1. The summed E-state index contributed by atoms with van der Waals surface area (Å²) < 4.78 is 26.5. The number of sulfonamides is 1. The topological polar surface area (TPSA) is 66.5 Å². The summed E-state index contributed by atoms with van der Waals surface area (Å²) in [7, 11) is -3.48. The molecule has 1 N–H and O–H groups in total. The van der Waals surface area contributed by atoms with E-state index < -0.39 is 10.0 Å². The van der Waals surface area contributed by atoms with Gasteiger partial charge in [0.2, 0.25) is 10.0 Å². The van der Waals surface area contributed by atoms with E-state index >= 15 is 0 Å². The molecule has 3 aromatic carbocycles. The van der Waals surface area contributed by atoms with Crippen molar-refractivity contribution < 1.29 is 13.2 Å². The van der Waals surface area contributed by atoms with Gasteiger partial charge in [0, 0.05) is 11.3 Å². The van der Waals surface area contributed by atoms with Crippen molar-refractivity contribution in [1.82, 2.24) is 0 Å². The molecule has 0 saturated heterocycles. The molecule has 0 saturated carbocycles. The zero-order valence-corrected chi connectivity index (χ0v) is 19.4. The van der Waals surface area contributed by atoms with Crippen LogP contribution in [0.5, 0.6) is 0 Å². The van der Waals surface area contributed by atoms with Gasteiger partial charge in [-0.1, -0.05) is 42.5 Å². The quantitative estimate of drug-likeness (QED) is 0.582. The lowest BCUT2D eigenvalue weighted by Crippen LogP contribution is -2.30. The summed E-state index contributed by atoms with van der Waals surface area (Å²) in [4.78, 5) is 12.7. The maximum absolute atomic E-state index is 12.7. The number of anilines is 2. The van der Waals surface area contributed by atoms with E-state index in [1.165, 1.54) is 10.6 Å². The minimum absolute atomic E-state index is 0.198. The molecule has 0 aliphatic carbocycles. The number of hydrogen-bond donors (Lipinski definition) is 1. The highest BCUT2D eigenvalue weighted by Crippen LogP contribution is 2.28. The Morgan fingerprint density at radius 3 is 2.06 bits per heavy atom. The summed E-state index contributed by atoms with van der Waals surface area (Å²) >= 11 is 0. The third-order valence-electron chi connectivity index (χ3n) is 5.27. The SMILES string of the molecule is Cc1ccc(C)c(NC(=O)c2ccc(CN(c3c(C)cccc3C)S(C)(=O)=O)cc2)c1. The minimum Gasteiger partial charge on any atom is -0.322 e. The van der Waals surface area contributed by atoms with Crippen LogP contribution in [-0.2, 0) is 16.6 Å². The number of para-hydroxylation sites is 1. The van der Waals surface area contributed by atoms with Crippen LogP contribution in [0.2, 0.25) is 0 Å². The average molecular weight is 437 g/mol. The first-order valence-electron chi connectivity index (χ1n) is 10.1. The molecule has 0 aliphatic rings. The van der Waals surface area contributed by atoms with E-state index in [1.807, 2.05) is 64.1 Å². The van der Waals surface area contributed by atoms with E-state index in [2.05, 4.69) is 5.32 Å². The van der Waals surface area contributed by atoms with Crippen LogP contribution >= 0.6 is 0 Å². The van der Waals surface area contributed by atoms with Gasteiger partial charge < -0.3 is 5.32 Å². The maximum atomic E-state index is 12.7. The molecule has 162 valence electrons. The largest absolute Gasteiger partial charge is 0.322 e. The number of nitrogens with one attached hydrogen (secondary N) is 1. The van der Waals surface area contributed by atoms with Crippen LogP contribution in [0.1, 0.15) is 38.2 Å². The number of carbonyl (C=O) groups excluding carboxylic acids is 1. The van der Waals surface area contributed by atoms with Gasteiger partial charge in [-0.15, -0.1) is 0 Å². The van der Waals surface area contributed by atoms with Crippen molar-refractivity contribution in [3.63, 3.8) is 0 Å². The molecule has 1 amide bonds. The highest BCUT2D eigenvalue weighted by molar-refractivity contribution is 7.92. The summed E-state index contributed by atoms with van der Waals surface area (Å²) in [6.45, 7) is 7.94. The second-order valence-corrected chi connectivity index (χ2v) is 9.89. The van der Waals surface area contributed by atoms with E-state index in [4.69, 9.17) is 0 Å². The third kappa shape index (κ3) is 5.33. The molecule has 0 heterocycles. The molecule has 0 unspecified atom stereocenters. The van der Waals surface area contributed by atoms with Gasteiger partial charge in [-0.3, -0.25) is 9.10 Å². The van der Waals surface area contributed by atoms with Crippen LogP contribution in [-0.4, -0.2) is 20.6 Å². The fraction of sp³-hybridized carbons (Fsp3) is 0.240. The number of aryl methyl sites for hydroxylation is 4. The second kappa shape index (κ2) is 8.94. The van der Waals surface area contributed by atoms with Crippen molar-refractivity contribution in [2.45, 2.75) is 34.2 Å². The van der Waals surface area contributed by atoms with E-state index in [-0.39, 0.29) is 12.5 Å². The zero-order chi connectivity index (χ0) is 22.8. The molecule has 6 heteroatoms. The predicted octanol–water partition coefficient (Wildman–Crippen LogP) is 5.14. The first kappa shape index (κ1) is 22.6. The summed E-state index contributed by atoms with van der Waals surface area (Å²) in [6.07, 6.45) is 1.21. The van der Waals surface area contributed by atoms with E-state index in [9.17, 15) is 13.2 Å². The summed E-state index contributed by atoms with van der Waals surface area (Å²) in [5, 5.41) is 2.95. The summed E-state index contributed by atoms with van der Waals surface area (Å²) in [5.74, 6) is -0.199. The van der Waals surface area contributed by atoms with Crippen LogP contribution in [0.3, 0.4) is 0 Å². The lowest BCUT2D eigenvalue weighted by atomic mass is 10.1. The lowest BCUT2D eigenvalue weighted by molar-refractivity contribution is 0.102. The number of hydrogen-bond acceptors (Lipinski definition) is 3. The predicted molar refractivity (Wildman–Crippen MR) is 127 cm³/mol. The Bertz CT molecular complexity index is 1200. The Morgan fingerprint density at radius 1 is 0.871 bits per heavy atom. The van der Waals surface area contributed by atoms with Gasteiger partial charge in [0.1, 0.15) is 0 Å². The Labute approximate surface area is 184 Å². The van der Waals surface area contributed by atoms with E-state index in [0.717, 1.165) is 33.5 Å². The second-order valence-electron chi connectivity index (χ2n) is 7.98. The number of rotatable bonds is 6. The van der Waals surface area contributed by atoms with Crippen LogP contribution in [0.25, 0.3) is 0 Å². The van der Waals surface area contributed by atoms with Crippen molar-refractivity contribution >= 4 is 27.3 Å². The third-order valence-corrected chi connectivity index (χ3v) is 6.39. The molecule has 0 fully saturated rings. The minimum atomic E-state index is -3.48. The molecule has 0 aromatic heterocycles. The molecule has 3 aromatic rings. The van der Waals surface area contributed by atoms with Crippen molar-refractivity contribution in [2.75, 3.05) is 15.9 Å². The van der Waals surface area contributed by atoms with Gasteiger partial charge >= 0.3 is 0 Å². The Morgan fingerprint density at radius 2 is 1.48 bits per heavy atom. The molecule has 0 atom stereocenters. The monoisotopic (exact) mass is 436 g/mol. The van der Waals surface area contributed by atoms with Crippen LogP contribution in [0.4, 0.5) is 11.4 Å². The van der Waals surface area contributed by atoms with Crippen LogP contribution in [0, 0.1) is 27.7 Å². The van der Waals surface area contributed by atoms with Gasteiger partial charge in [0.15, 0.2) is 0 Å². The highest BCUT2D eigenvalue weighted by Gasteiger charge is 2.21. The van der Waals surface area contributed by atoms with Crippen molar-refractivity contribution in [3.8, 4) is 0 Å². The van der Waals surface area contributed by atoms with Crippen molar-refractivity contribution in [1.29, 1.82) is 0 Å². The molecule has 31 heavy (non-hydrogen) atoms. The van der Waals surface area contributed by atoms with Gasteiger partial charge in [-0.05, 0) is 73.7 Å². The number of carbonyl (C=O) groups is 1. The fourth-order valence-corrected chi connectivity index (χ4v) is 4.56. The molecule has 0 aliphatic heterocycles. The molecular weight excluding hydrogens is 408 g/mol. The Balaban J connectivity index is 1.83. The lowest BCUT2D eigenvalue weighted by Gasteiger charge is -2.26. The fourth-order valence-electron chi connectivity index (χ4n) is 3.55. The first-order valence-corrected chi connectivity index (χ1v) is 11.9. The average Bonchev–Trinajstić information content (AvgIpc) is 2.69. The molecule has 0 radical (unpaired) electrons. The molecule has 3 rings (SSSR count). The standard InChI is InChI=1S/C25H28N2O3S/c1-17-9-10-18(2)23(15-17)26-25(28)22-13-11-21(12-14-22)16-27(31(5,29)30)24-19(3)7-6-8-20(24)4/h6-15H,16H2,1-5H3,(H,26,28).